The number of carbonyl (C=O) groups is 2. The molecular formula is C26H27FN2O5. The van der Waals surface area contributed by atoms with Crippen LogP contribution in [0.3, 0.4) is 0 Å². The number of hydrogen-bond acceptors (Lipinski definition) is 6. The minimum atomic E-state index is -1.01. The van der Waals surface area contributed by atoms with E-state index in [4.69, 9.17) is 9.47 Å². The molecule has 1 amide bonds. The van der Waals surface area contributed by atoms with E-state index >= 15 is 0 Å². The van der Waals surface area contributed by atoms with Crippen LogP contribution in [0.25, 0.3) is 5.76 Å². The Balaban J connectivity index is 1.54. The van der Waals surface area contributed by atoms with E-state index in [-0.39, 0.29) is 29.5 Å². The Kier molecular flexibility index (Phi) is 6.10. The van der Waals surface area contributed by atoms with Crippen LogP contribution < -0.4 is 4.74 Å². The molecule has 3 aliphatic rings. The lowest BCUT2D eigenvalue weighted by Crippen LogP contribution is -2.42. The summed E-state index contributed by atoms with van der Waals surface area (Å²) >= 11 is 0. The van der Waals surface area contributed by atoms with Gasteiger partial charge in [-0.15, -0.1) is 0 Å². The zero-order valence-corrected chi connectivity index (χ0v) is 19.0. The third-order valence-electron chi connectivity index (χ3n) is 6.67. The first kappa shape index (κ1) is 22.6. The van der Waals surface area contributed by atoms with Gasteiger partial charge >= 0.3 is 0 Å². The van der Waals surface area contributed by atoms with Crippen LogP contribution in [-0.4, -0.2) is 72.1 Å². The number of carbonyl (C=O) groups excluding carboxylic acids is 2. The molecule has 0 saturated carbocycles. The number of rotatable bonds is 5. The van der Waals surface area contributed by atoms with E-state index in [9.17, 15) is 19.1 Å². The quantitative estimate of drug-likeness (QED) is 0.415. The van der Waals surface area contributed by atoms with Gasteiger partial charge in [-0.25, -0.2) is 4.39 Å². The number of amides is 1. The minimum absolute atomic E-state index is 0.0246. The van der Waals surface area contributed by atoms with Gasteiger partial charge in [0.2, 0.25) is 0 Å². The molecule has 0 aromatic heterocycles. The lowest BCUT2D eigenvalue weighted by molar-refractivity contribution is -0.140. The van der Waals surface area contributed by atoms with Gasteiger partial charge in [-0.3, -0.25) is 14.5 Å². The SMILES string of the molecule is C[C@H]1Cc2cc(C(O)=C3C(=O)C(=O)N(CCN4CCOCC4)[C@@H]3c3ccccc3F)ccc2O1. The van der Waals surface area contributed by atoms with Gasteiger partial charge in [-0.1, -0.05) is 18.2 Å². The molecule has 0 spiro atoms. The predicted molar refractivity (Wildman–Crippen MR) is 123 cm³/mol. The van der Waals surface area contributed by atoms with E-state index in [1.807, 2.05) is 6.92 Å². The number of ketones is 1. The first-order valence-corrected chi connectivity index (χ1v) is 11.6. The highest BCUT2D eigenvalue weighted by Gasteiger charge is 2.47. The van der Waals surface area contributed by atoms with Gasteiger partial charge in [-0.05, 0) is 36.8 Å². The summed E-state index contributed by atoms with van der Waals surface area (Å²) in [6, 6.07) is 10.2. The summed E-state index contributed by atoms with van der Waals surface area (Å²) in [6.45, 7) is 5.38. The van der Waals surface area contributed by atoms with E-state index < -0.39 is 23.5 Å². The Morgan fingerprint density at radius 3 is 2.65 bits per heavy atom. The molecule has 0 aliphatic carbocycles. The number of likely N-dealkylation sites (tertiary alicyclic amines) is 1. The molecule has 34 heavy (non-hydrogen) atoms. The highest BCUT2D eigenvalue weighted by molar-refractivity contribution is 6.46. The van der Waals surface area contributed by atoms with Gasteiger partial charge in [0, 0.05) is 43.7 Å². The maximum atomic E-state index is 14.9. The van der Waals surface area contributed by atoms with Gasteiger partial charge < -0.3 is 19.5 Å². The molecule has 2 saturated heterocycles. The van der Waals surface area contributed by atoms with Crippen LogP contribution in [0, 0.1) is 5.82 Å². The summed E-state index contributed by atoms with van der Waals surface area (Å²) in [4.78, 5) is 29.8. The Morgan fingerprint density at radius 1 is 1.12 bits per heavy atom. The van der Waals surface area contributed by atoms with Crippen LogP contribution >= 0.6 is 0 Å². The molecule has 3 aliphatic heterocycles. The van der Waals surface area contributed by atoms with Gasteiger partial charge in [0.15, 0.2) is 0 Å². The highest BCUT2D eigenvalue weighted by Crippen LogP contribution is 2.41. The molecule has 2 atom stereocenters. The fraction of sp³-hybridized carbons (Fsp3) is 0.385. The first-order chi connectivity index (χ1) is 16.4. The van der Waals surface area contributed by atoms with Crippen molar-refractivity contribution in [3.8, 4) is 5.75 Å². The van der Waals surface area contributed by atoms with Crippen molar-refractivity contribution in [3.05, 3.63) is 70.5 Å². The third-order valence-corrected chi connectivity index (χ3v) is 6.67. The number of hydrogen-bond donors (Lipinski definition) is 1. The van der Waals surface area contributed by atoms with Gasteiger partial charge in [-0.2, -0.15) is 0 Å². The molecule has 8 heteroatoms. The maximum Gasteiger partial charge on any atom is 0.295 e. The Hall–Kier alpha value is -3.23. The van der Waals surface area contributed by atoms with Crippen molar-refractivity contribution in [1.29, 1.82) is 0 Å². The molecule has 1 N–H and O–H groups in total. The van der Waals surface area contributed by atoms with Crippen molar-refractivity contribution in [2.24, 2.45) is 0 Å². The maximum absolute atomic E-state index is 14.9. The summed E-state index contributed by atoms with van der Waals surface area (Å²) in [5, 5.41) is 11.3. The van der Waals surface area contributed by atoms with Crippen molar-refractivity contribution >= 4 is 17.4 Å². The number of nitrogens with zero attached hydrogens (tertiary/aromatic N) is 2. The molecule has 2 aromatic rings. The van der Waals surface area contributed by atoms with Crippen LogP contribution in [0.15, 0.2) is 48.0 Å². The number of fused-ring (bicyclic) bond motifs is 1. The topological polar surface area (TPSA) is 79.3 Å². The van der Waals surface area contributed by atoms with Crippen molar-refractivity contribution < 1.29 is 28.6 Å². The molecule has 0 radical (unpaired) electrons. The third kappa shape index (κ3) is 4.08. The lowest BCUT2D eigenvalue weighted by Gasteiger charge is -2.31. The number of benzene rings is 2. The van der Waals surface area contributed by atoms with Gasteiger partial charge in [0.25, 0.3) is 11.7 Å². The van der Waals surface area contributed by atoms with Crippen molar-refractivity contribution in [3.63, 3.8) is 0 Å². The Morgan fingerprint density at radius 2 is 1.88 bits per heavy atom. The van der Waals surface area contributed by atoms with Crippen LogP contribution in [0.5, 0.6) is 5.75 Å². The number of ether oxygens (including phenoxy) is 2. The minimum Gasteiger partial charge on any atom is -0.507 e. The average molecular weight is 467 g/mol. The molecule has 5 rings (SSSR count). The normalized spacial score (nSPS) is 24.4. The molecule has 7 nitrogen and oxygen atoms in total. The number of morpholine rings is 1. The zero-order valence-electron chi connectivity index (χ0n) is 19.0. The standard InChI is InChI=1S/C26H27FN2O5/c1-16-14-18-15-17(6-7-21(18)34-16)24(30)22-23(19-4-2-3-5-20(19)27)29(26(32)25(22)31)9-8-28-10-12-33-13-11-28/h2-7,15-16,23,30H,8-14H2,1H3/t16-,23+/m0/s1. The Labute approximate surface area is 197 Å². The van der Waals surface area contributed by atoms with Crippen LogP contribution in [0.2, 0.25) is 0 Å². The second kappa shape index (κ2) is 9.19. The van der Waals surface area contributed by atoms with Crippen LogP contribution in [0.4, 0.5) is 4.39 Å². The molecule has 2 aromatic carbocycles. The predicted octanol–water partition coefficient (Wildman–Crippen LogP) is 2.90. The largest absolute Gasteiger partial charge is 0.507 e. The second-order valence-corrected chi connectivity index (χ2v) is 8.92. The smallest absolute Gasteiger partial charge is 0.295 e. The van der Waals surface area contributed by atoms with E-state index in [1.165, 1.54) is 11.0 Å². The second-order valence-electron chi connectivity index (χ2n) is 8.92. The van der Waals surface area contributed by atoms with Gasteiger partial charge in [0.05, 0.1) is 24.8 Å². The summed E-state index contributed by atoms with van der Waals surface area (Å²) < 4.78 is 26.0. The van der Waals surface area contributed by atoms with Crippen LogP contribution in [0.1, 0.15) is 29.7 Å². The number of Topliss-reactive ketones (excluding diaryl/α,β-unsaturated/α-hetero) is 1. The number of aliphatic hydroxyl groups is 1. The fourth-order valence-electron chi connectivity index (χ4n) is 4.93. The molecular weight excluding hydrogens is 439 g/mol. The molecule has 3 heterocycles. The summed E-state index contributed by atoms with van der Waals surface area (Å²) in [5.74, 6) is -1.64. The summed E-state index contributed by atoms with van der Waals surface area (Å²) in [7, 11) is 0. The summed E-state index contributed by atoms with van der Waals surface area (Å²) in [6.07, 6.45) is 0.706. The molecule has 178 valence electrons. The molecule has 0 unspecified atom stereocenters. The van der Waals surface area contributed by atoms with Crippen molar-refractivity contribution in [2.75, 3.05) is 39.4 Å². The highest BCUT2D eigenvalue weighted by atomic mass is 19.1. The van der Waals surface area contributed by atoms with Crippen molar-refractivity contribution in [1.82, 2.24) is 9.80 Å². The summed E-state index contributed by atoms with van der Waals surface area (Å²) in [5.41, 5.74) is 1.41. The van der Waals surface area contributed by atoms with E-state index in [0.29, 0.717) is 31.7 Å². The van der Waals surface area contributed by atoms with Crippen LogP contribution in [-0.2, 0) is 20.7 Å². The zero-order chi connectivity index (χ0) is 23.8. The molecule has 2 fully saturated rings. The number of aliphatic hydroxyl groups excluding tert-OH is 1. The Bertz CT molecular complexity index is 1160. The fourth-order valence-corrected chi connectivity index (χ4v) is 4.93. The molecule has 0 bridgehead atoms. The van der Waals surface area contributed by atoms with Crippen molar-refractivity contribution in [2.45, 2.75) is 25.5 Å². The van der Waals surface area contributed by atoms with E-state index in [1.54, 1.807) is 36.4 Å². The van der Waals surface area contributed by atoms with Gasteiger partial charge in [0.1, 0.15) is 23.4 Å². The lowest BCUT2D eigenvalue weighted by atomic mass is 9.94. The monoisotopic (exact) mass is 466 g/mol. The van der Waals surface area contributed by atoms with E-state index in [2.05, 4.69) is 4.90 Å². The average Bonchev–Trinajstić information content (AvgIpc) is 3.33. The first-order valence-electron chi connectivity index (χ1n) is 11.6. The van der Waals surface area contributed by atoms with E-state index in [0.717, 1.165) is 24.4 Å². The number of halogens is 1.